The highest BCUT2D eigenvalue weighted by atomic mass is 16.5. The fourth-order valence-corrected chi connectivity index (χ4v) is 5.25. The number of benzene rings is 1. The second-order valence-electron chi connectivity index (χ2n) is 9.06. The molecule has 0 spiro atoms. The van der Waals surface area contributed by atoms with Gasteiger partial charge in [-0.2, -0.15) is 0 Å². The highest BCUT2D eigenvalue weighted by molar-refractivity contribution is 5.98. The van der Waals surface area contributed by atoms with E-state index in [1.54, 1.807) is 0 Å². The first-order valence-electron chi connectivity index (χ1n) is 10.5. The van der Waals surface area contributed by atoms with Gasteiger partial charge < -0.3 is 14.2 Å². The minimum absolute atomic E-state index is 0.00136. The van der Waals surface area contributed by atoms with Crippen LogP contribution in [0.2, 0.25) is 0 Å². The number of amides is 1. The molecule has 0 N–H and O–H groups in total. The quantitative estimate of drug-likeness (QED) is 0.557. The fourth-order valence-electron chi connectivity index (χ4n) is 5.25. The number of likely N-dealkylation sites (tertiary alicyclic amines) is 1. The third-order valence-electron chi connectivity index (χ3n) is 6.67. The average molecular weight is 395 g/mol. The summed E-state index contributed by atoms with van der Waals surface area (Å²) in [6.07, 6.45) is 7.73. The van der Waals surface area contributed by atoms with Crippen molar-refractivity contribution in [2.45, 2.75) is 58.5 Å². The van der Waals surface area contributed by atoms with E-state index in [-0.39, 0.29) is 23.3 Å². The molecule has 4 rings (SSSR count). The molecule has 29 heavy (non-hydrogen) atoms. The lowest BCUT2D eigenvalue weighted by Crippen LogP contribution is -2.35. The van der Waals surface area contributed by atoms with Crippen LogP contribution >= 0.6 is 0 Å². The van der Waals surface area contributed by atoms with Gasteiger partial charge in [0.15, 0.2) is 0 Å². The number of carbonyl (C=O) groups excluding carboxylic acids is 2. The van der Waals surface area contributed by atoms with Crippen molar-refractivity contribution in [3.05, 3.63) is 47.7 Å². The Bertz CT molecular complexity index is 989. The molecule has 2 heterocycles. The second kappa shape index (κ2) is 7.36. The van der Waals surface area contributed by atoms with E-state index in [0.717, 1.165) is 42.3 Å². The van der Waals surface area contributed by atoms with Gasteiger partial charge in [0.05, 0.1) is 13.5 Å². The summed E-state index contributed by atoms with van der Waals surface area (Å²) in [5, 5.41) is 1.02. The SMILES string of the molecule is C/C=C1/CC2CC(C)(C1)CN2C(=O)c1ccc2c(ccn2C(C)CC(=O)OC)c1. The molecular formula is C24H30N2O3. The van der Waals surface area contributed by atoms with Crippen LogP contribution in [0.1, 0.15) is 62.9 Å². The van der Waals surface area contributed by atoms with Crippen molar-refractivity contribution in [3.8, 4) is 0 Å². The summed E-state index contributed by atoms with van der Waals surface area (Å²) >= 11 is 0. The molecule has 1 aromatic carbocycles. The average Bonchev–Trinajstić information content (AvgIpc) is 3.24. The summed E-state index contributed by atoms with van der Waals surface area (Å²) in [4.78, 5) is 27.0. The van der Waals surface area contributed by atoms with Gasteiger partial charge in [0.1, 0.15) is 0 Å². The van der Waals surface area contributed by atoms with Crippen LogP contribution in [0.15, 0.2) is 42.1 Å². The van der Waals surface area contributed by atoms with Crippen molar-refractivity contribution in [2.24, 2.45) is 5.41 Å². The summed E-state index contributed by atoms with van der Waals surface area (Å²) in [5.74, 6) is -0.0892. The van der Waals surface area contributed by atoms with Crippen LogP contribution in [-0.4, -0.2) is 41.0 Å². The zero-order valence-electron chi connectivity index (χ0n) is 17.8. The third-order valence-corrected chi connectivity index (χ3v) is 6.67. The summed E-state index contributed by atoms with van der Waals surface area (Å²) in [7, 11) is 1.41. The van der Waals surface area contributed by atoms with Gasteiger partial charge in [0.2, 0.25) is 0 Å². The zero-order chi connectivity index (χ0) is 20.8. The Labute approximate surface area is 172 Å². The van der Waals surface area contributed by atoms with E-state index in [2.05, 4.69) is 29.4 Å². The fraction of sp³-hybridized carbons (Fsp3) is 0.500. The van der Waals surface area contributed by atoms with Gasteiger partial charge in [-0.05, 0) is 62.8 Å². The lowest BCUT2D eigenvalue weighted by molar-refractivity contribution is -0.141. The Hall–Kier alpha value is -2.56. The number of methoxy groups -OCH3 is 1. The van der Waals surface area contributed by atoms with Crippen molar-refractivity contribution in [3.63, 3.8) is 0 Å². The number of esters is 1. The summed E-state index contributed by atoms with van der Waals surface area (Å²) in [6, 6.07) is 8.23. The molecule has 3 unspecified atom stereocenters. The smallest absolute Gasteiger partial charge is 0.307 e. The van der Waals surface area contributed by atoms with Gasteiger partial charge in [0, 0.05) is 41.3 Å². The number of rotatable bonds is 4. The summed E-state index contributed by atoms with van der Waals surface area (Å²) in [5.41, 5.74) is 3.46. The van der Waals surface area contributed by atoms with Gasteiger partial charge in [-0.1, -0.05) is 18.6 Å². The molecule has 2 aromatic rings. The maximum Gasteiger partial charge on any atom is 0.307 e. The highest BCUT2D eigenvalue weighted by Gasteiger charge is 2.46. The van der Waals surface area contributed by atoms with E-state index in [1.165, 1.54) is 12.7 Å². The molecule has 1 aliphatic heterocycles. The van der Waals surface area contributed by atoms with Crippen LogP contribution in [0.4, 0.5) is 0 Å². The molecule has 1 saturated carbocycles. The van der Waals surface area contributed by atoms with E-state index < -0.39 is 0 Å². The first kappa shape index (κ1) is 19.7. The molecule has 2 fully saturated rings. The summed E-state index contributed by atoms with van der Waals surface area (Å²) in [6.45, 7) is 7.25. The van der Waals surface area contributed by atoms with Crippen molar-refractivity contribution in [1.29, 1.82) is 0 Å². The van der Waals surface area contributed by atoms with Crippen LogP contribution in [0.5, 0.6) is 0 Å². The Morgan fingerprint density at radius 3 is 2.86 bits per heavy atom. The third kappa shape index (κ3) is 3.59. The molecule has 154 valence electrons. The molecular weight excluding hydrogens is 364 g/mol. The molecule has 2 aliphatic rings. The molecule has 1 saturated heterocycles. The molecule has 0 radical (unpaired) electrons. The zero-order valence-corrected chi connectivity index (χ0v) is 17.8. The number of allylic oxidation sites excluding steroid dienone is 1. The second-order valence-corrected chi connectivity index (χ2v) is 9.06. The number of carbonyl (C=O) groups is 2. The Morgan fingerprint density at radius 2 is 2.14 bits per heavy atom. The predicted molar refractivity (Wildman–Crippen MR) is 114 cm³/mol. The van der Waals surface area contributed by atoms with Gasteiger partial charge in [-0.15, -0.1) is 0 Å². The number of hydrogen-bond acceptors (Lipinski definition) is 3. The Balaban J connectivity index is 1.58. The lowest BCUT2D eigenvalue weighted by Gasteiger charge is -2.29. The van der Waals surface area contributed by atoms with E-state index in [0.29, 0.717) is 12.5 Å². The van der Waals surface area contributed by atoms with Crippen molar-refractivity contribution < 1.29 is 14.3 Å². The number of nitrogens with zero attached hydrogens (tertiary/aromatic N) is 2. The maximum absolute atomic E-state index is 13.3. The van der Waals surface area contributed by atoms with Crippen LogP contribution in [0, 0.1) is 5.41 Å². The van der Waals surface area contributed by atoms with Crippen molar-refractivity contribution in [1.82, 2.24) is 9.47 Å². The van der Waals surface area contributed by atoms with Crippen LogP contribution in [0.25, 0.3) is 10.9 Å². The van der Waals surface area contributed by atoms with E-state index in [9.17, 15) is 9.59 Å². The first-order valence-corrected chi connectivity index (χ1v) is 10.5. The molecule has 3 atom stereocenters. The molecule has 1 aromatic heterocycles. The van der Waals surface area contributed by atoms with E-state index >= 15 is 0 Å². The monoisotopic (exact) mass is 394 g/mol. The van der Waals surface area contributed by atoms with Crippen LogP contribution < -0.4 is 0 Å². The van der Waals surface area contributed by atoms with Crippen LogP contribution in [-0.2, 0) is 9.53 Å². The largest absolute Gasteiger partial charge is 0.469 e. The minimum Gasteiger partial charge on any atom is -0.469 e. The lowest BCUT2D eigenvalue weighted by atomic mass is 9.75. The van der Waals surface area contributed by atoms with Gasteiger partial charge in [-0.3, -0.25) is 9.59 Å². The van der Waals surface area contributed by atoms with Gasteiger partial charge in [0.25, 0.3) is 5.91 Å². The van der Waals surface area contributed by atoms with Gasteiger partial charge >= 0.3 is 5.97 Å². The molecule has 5 heteroatoms. The maximum atomic E-state index is 13.3. The summed E-state index contributed by atoms with van der Waals surface area (Å²) < 4.78 is 6.86. The molecule has 1 amide bonds. The van der Waals surface area contributed by atoms with Crippen molar-refractivity contribution >= 4 is 22.8 Å². The van der Waals surface area contributed by atoms with Crippen LogP contribution in [0.3, 0.4) is 0 Å². The van der Waals surface area contributed by atoms with Crippen molar-refractivity contribution in [2.75, 3.05) is 13.7 Å². The van der Waals surface area contributed by atoms with Gasteiger partial charge in [-0.25, -0.2) is 0 Å². The molecule has 1 aliphatic carbocycles. The molecule has 2 bridgehead atoms. The first-order chi connectivity index (χ1) is 13.8. The Kier molecular flexibility index (Phi) is 5.01. The number of fused-ring (bicyclic) bond motifs is 3. The molecule has 5 nitrogen and oxygen atoms in total. The standard InChI is InChI=1S/C24H30N2O3/c1-5-17-11-20-14-24(3,13-17)15-26(20)23(28)19-6-7-21-18(12-19)8-9-25(21)16(2)10-22(27)29-4/h5-9,12,16,20H,10-11,13-15H2,1-4H3/b17-5-. The minimum atomic E-state index is -0.222. The van der Waals surface area contributed by atoms with E-state index in [1.807, 2.05) is 37.4 Å². The number of aromatic nitrogens is 1. The number of hydrogen-bond donors (Lipinski definition) is 0. The van der Waals surface area contributed by atoms with E-state index in [4.69, 9.17) is 4.74 Å². The number of ether oxygens (including phenoxy) is 1. The normalized spacial score (nSPS) is 26.1. The Morgan fingerprint density at radius 1 is 1.34 bits per heavy atom. The predicted octanol–water partition coefficient (Wildman–Crippen LogP) is 4.73. The highest BCUT2D eigenvalue weighted by Crippen LogP contribution is 2.47. The topological polar surface area (TPSA) is 51.5 Å².